The number of nitrogens with zero attached hydrogens (tertiary/aromatic N) is 2. The molecule has 0 spiro atoms. The fourth-order valence-electron chi connectivity index (χ4n) is 2.80. The van der Waals surface area contributed by atoms with Gasteiger partial charge in [-0.05, 0) is 32.6 Å². The van der Waals surface area contributed by atoms with Gasteiger partial charge in [-0.3, -0.25) is 5.10 Å². The lowest BCUT2D eigenvalue weighted by Gasteiger charge is -2.36. The molecule has 0 amide bonds. The Balaban J connectivity index is 2.39. The highest BCUT2D eigenvalue weighted by Crippen LogP contribution is 2.29. The van der Waals surface area contributed by atoms with E-state index in [9.17, 15) is 8.42 Å². The van der Waals surface area contributed by atoms with Gasteiger partial charge in [-0.2, -0.15) is 9.40 Å². The number of aryl methyl sites for hydroxylation is 2. The molecule has 2 rings (SSSR count). The molecule has 1 aliphatic heterocycles. The Bertz CT molecular complexity index is 533. The topological polar surface area (TPSA) is 92.1 Å². The molecule has 1 saturated heterocycles. The highest BCUT2D eigenvalue weighted by Gasteiger charge is 2.37. The lowest BCUT2D eigenvalue weighted by molar-refractivity contribution is 0.211. The third kappa shape index (κ3) is 2.54. The van der Waals surface area contributed by atoms with Crippen LogP contribution in [0.3, 0.4) is 0 Å². The van der Waals surface area contributed by atoms with Crippen molar-refractivity contribution in [2.45, 2.75) is 44.6 Å². The molecule has 1 aromatic heterocycles. The van der Waals surface area contributed by atoms with Gasteiger partial charge in [0.2, 0.25) is 10.0 Å². The predicted octanol–water partition coefficient (Wildman–Crippen LogP) is 0.774. The average Bonchev–Trinajstić information content (AvgIpc) is 2.68. The van der Waals surface area contributed by atoms with Crippen LogP contribution in [0.1, 0.15) is 31.2 Å². The van der Waals surface area contributed by atoms with Crippen LogP contribution in [0.2, 0.25) is 0 Å². The van der Waals surface area contributed by atoms with Crippen molar-refractivity contribution >= 4 is 10.0 Å². The molecule has 3 N–H and O–H groups in total. The predicted molar refractivity (Wildman–Crippen MR) is 73.2 cm³/mol. The summed E-state index contributed by atoms with van der Waals surface area (Å²) in [6, 6.07) is -0.109. The Kier molecular flexibility index (Phi) is 3.98. The summed E-state index contributed by atoms with van der Waals surface area (Å²) >= 11 is 0. The van der Waals surface area contributed by atoms with Crippen LogP contribution in [0.25, 0.3) is 0 Å². The first kappa shape index (κ1) is 14.5. The molecule has 0 aliphatic carbocycles. The van der Waals surface area contributed by atoms with E-state index < -0.39 is 10.0 Å². The normalized spacial score (nSPS) is 25.7. The summed E-state index contributed by atoms with van der Waals surface area (Å²) in [6.45, 7) is 6.48. The number of rotatable bonds is 3. The molecule has 0 aromatic carbocycles. The van der Waals surface area contributed by atoms with Crippen LogP contribution < -0.4 is 5.73 Å². The van der Waals surface area contributed by atoms with Crippen molar-refractivity contribution in [3.63, 3.8) is 0 Å². The number of H-pyrrole nitrogens is 1. The third-order valence-corrected chi connectivity index (χ3v) is 6.04. The molecule has 2 atom stereocenters. The fourth-order valence-corrected chi connectivity index (χ4v) is 4.79. The molecule has 1 aromatic rings. The smallest absolute Gasteiger partial charge is 0.247 e. The molecule has 0 radical (unpaired) electrons. The second-order valence-corrected chi connectivity index (χ2v) is 7.23. The van der Waals surface area contributed by atoms with E-state index in [1.165, 1.54) is 0 Å². The van der Waals surface area contributed by atoms with Crippen molar-refractivity contribution in [3.8, 4) is 0 Å². The number of hydrogen-bond donors (Lipinski definition) is 2. The largest absolute Gasteiger partial charge is 0.329 e. The highest BCUT2D eigenvalue weighted by molar-refractivity contribution is 7.89. The number of sulfonamides is 1. The number of aromatic amines is 1. The molecule has 1 fully saturated rings. The summed E-state index contributed by atoms with van der Waals surface area (Å²) in [4.78, 5) is 0.306. The van der Waals surface area contributed by atoms with Gasteiger partial charge in [0.05, 0.1) is 11.4 Å². The second kappa shape index (κ2) is 5.22. The number of piperidine rings is 1. The van der Waals surface area contributed by atoms with Crippen molar-refractivity contribution in [1.29, 1.82) is 0 Å². The first-order valence-electron chi connectivity index (χ1n) is 6.61. The first-order chi connectivity index (χ1) is 8.87. The minimum absolute atomic E-state index is 0.109. The molecular formula is C12H22N4O2S. The van der Waals surface area contributed by atoms with E-state index in [0.717, 1.165) is 12.8 Å². The van der Waals surface area contributed by atoms with Gasteiger partial charge in [-0.15, -0.1) is 0 Å². The van der Waals surface area contributed by atoms with Gasteiger partial charge < -0.3 is 5.73 Å². The van der Waals surface area contributed by atoms with E-state index in [1.54, 1.807) is 18.2 Å². The average molecular weight is 286 g/mol. The Hall–Kier alpha value is -0.920. The number of nitrogens with one attached hydrogen (secondary N) is 1. The Labute approximate surface area is 114 Å². The third-order valence-electron chi connectivity index (χ3n) is 3.82. The van der Waals surface area contributed by atoms with Gasteiger partial charge in [0, 0.05) is 19.1 Å². The lowest BCUT2D eigenvalue weighted by Crippen LogP contribution is -2.49. The molecule has 0 saturated carbocycles. The van der Waals surface area contributed by atoms with Gasteiger partial charge in [-0.1, -0.05) is 6.92 Å². The van der Waals surface area contributed by atoms with Crippen molar-refractivity contribution in [3.05, 3.63) is 11.4 Å². The fraction of sp³-hybridized carbons (Fsp3) is 0.750. The summed E-state index contributed by atoms with van der Waals surface area (Å²) in [5.74, 6) is 0.520. The maximum atomic E-state index is 12.8. The maximum Gasteiger partial charge on any atom is 0.247 e. The SMILES string of the molecule is Cc1n[nH]c(C)c1S(=O)(=O)N1CCC(C)CC1CN. The molecule has 1 aliphatic rings. The van der Waals surface area contributed by atoms with Crippen molar-refractivity contribution in [2.24, 2.45) is 11.7 Å². The molecule has 7 heteroatoms. The molecule has 2 unspecified atom stereocenters. The molecule has 2 heterocycles. The van der Waals surface area contributed by atoms with Crippen LogP contribution >= 0.6 is 0 Å². The standard InChI is InChI=1S/C12H22N4O2S/c1-8-4-5-16(11(6-8)7-13)19(17,18)12-9(2)14-15-10(12)3/h8,11H,4-7,13H2,1-3H3,(H,14,15). The Morgan fingerprint density at radius 3 is 2.68 bits per heavy atom. The minimum atomic E-state index is -3.51. The summed E-state index contributed by atoms with van der Waals surface area (Å²) < 4.78 is 27.1. The van der Waals surface area contributed by atoms with Crippen LogP contribution in [0, 0.1) is 19.8 Å². The van der Waals surface area contributed by atoms with E-state index in [1.807, 2.05) is 0 Å². The quantitative estimate of drug-likeness (QED) is 0.858. The summed E-state index contributed by atoms with van der Waals surface area (Å²) in [5, 5.41) is 6.72. The van der Waals surface area contributed by atoms with E-state index in [2.05, 4.69) is 17.1 Å². The second-order valence-electron chi connectivity index (χ2n) is 5.40. The van der Waals surface area contributed by atoms with E-state index in [-0.39, 0.29) is 6.04 Å². The Morgan fingerprint density at radius 1 is 1.47 bits per heavy atom. The monoisotopic (exact) mass is 286 g/mol. The van der Waals surface area contributed by atoms with Gasteiger partial charge in [-0.25, -0.2) is 8.42 Å². The molecule has 19 heavy (non-hydrogen) atoms. The van der Waals surface area contributed by atoms with Crippen LogP contribution in [0.15, 0.2) is 4.90 Å². The van der Waals surface area contributed by atoms with Gasteiger partial charge in [0.25, 0.3) is 0 Å². The molecule has 0 bridgehead atoms. The maximum absolute atomic E-state index is 12.8. The molecule has 6 nitrogen and oxygen atoms in total. The van der Waals surface area contributed by atoms with Crippen molar-refractivity contribution < 1.29 is 8.42 Å². The van der Waals surface area contributed by atoms with Gasteiger partial charge in [0.15, 0.2) is 0 Å². The number of aromatic nitrogens is 2. The number of nitrogens with two attached hydrogens (primary N) is 1. The van der Waals surface area contributed by atoms with E-state index in [0.29, 0.717) is 35.3 Å². The lowest BCUT2D eigenvalue weighted by atomic mass is 9.94. The zero-order chi connectivity index (χ0) is 14.2. The Morgan fingerprint density at radius 2 is 2.16 bits per heavy atom. The van der Waals surface area contributed by atoms with Crippen molar-refractivity contribution in [1.82, 2.24) is 14.5 Å². The minimum Gasteiger partial charge on any atom is -0.329 e. The van der Waals surface area contributed by atoms with Gasteiger partial charge in [0.1, 0.15) is 4.90 Å². The van der Waals surface area contributed by atoms with Crippen LogP contribution in [-0.4, -0.2) is 42.1 Å². The van der Waals surface area contributed by atoms with Gasteiger partial charge >= 0.3 is 0 Å². The summed E-state index contributed by atoms with van der Waals surface area (Å²) in [6.07, 6.45) is 1.71. The molecule has 108 valence electrons. The highest BCUT2D eigenvalue weighted by atomic mass is 32.2. The van der Waals surface area contributed by atoms with Crippen LogP contribution in [0.5, 0.6) is 0 Å². The zero-order valence-corrected chi connectivity index (χ0v) is 12.5. The van der Waals surface area contributed by atoms with E-state index in [4.69, 9.17) is 5.73 Å². The number of hydrogen-bond acceptors (Lipinski definition) is 4. The zero-order valence-electron chi connectivity index (χ0n) is 11.7. The van der Waals surface area contributed by atoms with Crippen molar-refractivity contribution in [2.75, 3.05) is 13.1 Å². The molecular weight excluding hydrogens is 264 g/mol. The summed E-state index contributed by atoms with van der Waals surface area (Å²) in [7, 11) is -3.51. The first-order valence-corrected chi connectivity index (χ1v) is 8.05. The van der Waals surface area contributed by atoms with Crippen LogP contribution in [-0.2, 0) is 10.0 Å². The summed E-state index contributed by atoms with van der Waals surface area (Å²) in [5.41, 5.74) is 6.86. The van der Waals surface area contributed by atoms with E-state index >= 15 is 0 Å². The van der Waals surface area contributed by atoms with Crippen LogP contribution in [0.4, 0.5) is 0 Å².